The molecule has 92 valence electrons. The highest BCUT2D eigenvalue weighted by atomic mass is 32.2. The number of nitrogens with zero attached hydrogens (tertiary/aromatic N) is 2. The van der Waals surface area contributed by atoms with Crippen LogP contribution in [0.3, 0.4) is 0 Å². The van der Waals surface area contributed by atoms with Gasteiger partial charge in [0.05, 0.1) is 6.33 Å². The lowest BCUT2D eigenvalue weighted by Crippen LogP contribution is -2.24. The van der Waals surface area contributed by atoms with Gasteiger partial charge in [-0.2, -0.15) is 0 Å². The summed E-state index contributed by atoms with van der Waals surface area (Å²) in [6.45, 7) is 1.19. The van der Waals surface area contributed by atoms with Crippen LogP contribution in [0, 0.1) is 0 Å². The van der Waals surface area contributed by atoms with Gasteiger partial charge in [-0.1, -0.05) is 6.07 Å². The molecule has 17 heavy (non-hydrogen) atoms. The van der Waals surface area contributed by atoms with Crippen molar-refractivity contribution < 1.29 is 8.42 Å². The first-order chi connectivity index (χ1) is 8.18. The lowest BCUT2D eigenvalue weighted by atomic mass is 10.4. The Bertz CT molecular complexity index is 532. The molecule has 0 atom stereocenters. The maximum atomic E-state index is 11.7. The van der Waals surface area contributed by atoms with Gasteiger partial charge < -0.3 is 4.57 Å². The molecule has 0 bridgehead atoms. The number of hydrogen-bond acceptors (Lipinski definition) is 4. The van der Waals surface area contributed by atoms with Crippen molar-refractivity contribution in [1.82, 2.24) is 14.3 Å². The van der Waals surface area contributed by atoms with Gasteiger partial charge in [-0.25, -0.2) is 18.1 Å². The van der Waals surface area contributed by atoms with Crippen molar-refractivity contribution in [2.45, 2.75) is 17.2 Å². The van der Waals surface area contributed by atoms with Gasteiger partial charge in [-0.15, -0.1) is 11.3 Å². The number of aryl methyl sites for hydroxylation is 1. The molecule has 2 heterocycles. The summed E-state index contributed by atoms with van der Waals surface area (Å²) in [4.78, 5) is 3.92. The zero-order valence-corrected chi connectivity index (χ0v) is 10.7. The molecule has 0 aromatic carbocycles. The number of nitrogens with one attached hydrogen (secondary N) is 1. The standard InChI is InChI=1S/C10H13N3O2S2/c14-17(15,10-3-1-8-16-10)12-4-2-6-13-7-5-11-9-13/h1,3,5,7-9,12H,2,4,6H2. The van der Waals surface area contributed by atoms with Crippen molar-refractivity contribution in [3.8, 4) is 0 Å². The summed E-state index contributed by atoms with van der Waals surface area (Å²) < 4.78 is 28.3. The van der Waals surface area contributed by atoms with Crippen LogP contribution < -0.4 is 4.72 Å². The van der Waals surface area contributed by atoms with Gasteiger partial charge in [0.15, 0.2) is 0 Å². The van der Waals surface area contributed by atoms with Gasteiger partial charge in [0.25, 0.3) is 0 Å². The molecule has 7 heteroatoms. The topological polar surface area (TPSA) is 64.0 Å². The lowest BCUT2D eigenvalue weighted by Gasteiger charge is -2.05. The van der Waals surface area contributed by atoms with Crippen LogP contribution >= 0.6 is 11.3 Å². The summed E-state index contributed by atoms with van der Waals surface area (Å²) in [5.74, 6) is 0. The van der Waals surface area contributed by atoms with Crippen molar-refractivity contribution in [1.29, 1.82) is 0 Å². The summed E-state index contributed by atoms with van der Waals surface area (Å²) in [6.07, 6.45) is 6.01. The summed E-state index contributed by atoms with van der Waals surface area (Å²) in [5, 5.41) is 1.75. The molecular formula is C10H13N3O2S2. The number of hydrogen-bond donors (Lipinski definition) is 1. The summed E-state index contributed by atoms with van der Waals surface area (Å²) in [7, 11) is -3.31. The van der Waals surface area contributed by atoms with E-state index in [0.29, 0.717) is 10.8 Å². The van der Waals surface area contributed by atoms with Gasteiger partial charge in [-0.05, 0) is 17.9 Å². The number of thiophene rings is 1. The van der Waals surface area contributed by atoms with E-state index < -0.39 is 10.0 Å². The van der Waals surface area contributed by atoms with Gasteiger partial charge in [0.1, 0.15) is 4.21 Å². The Kier molecular flexibility index (Phi) is 3.93. The van der Waals surface area contributed by atoms with E-state index in [4.69, 9.17) is 0 Å². The van der Waals surface area contributed by atoms with E-state index in [9.17, 15) is 8.42 Å². The second-order valence-electron chi connectivity index (χ2n) is 3.48. The van der Waals surface area contributed by atoms with Crippen LogP contribution in [0.5, 0.6) is 0 Å². The van der Waals surface area contributed by atoms with Crippen LogP contribution in [-0.4, -0.2) is 24.5 Å². The fourth-order valence-electron chi connectivity index (χ4n) is 1.37. The highest BCUT2D eigenvalue weighted by molar-refractivity contribution is 7.91. The Morgan fingerprint density at radius 2 is 2.35 bits per heavy atom. The maximum Gasteiger partial charge on any atom is 0.250 e. The number of imidazole rings is 1. The predicted octanol–water partition coefficient (Wildman–Crippen LogP) is 1.31. The number of aromatic nitrogens is 2. The highest BCUT2D eigenvalue weighted by Gasteiger charge is 2.13. The smallest absolute Gasteiger partial charge is 0.250 e. The number of rotatable bonds is 6. The van der Waals surface area contributed by atoms with Crippen LogP contribution in [-0.2, 0) is 16.6 Å². The average Bonchev–Trinajstić information content (AvgIpc) is 2.97. The largest absolute Gasteiger partial charge is 0.337 e. The molecular weight excluding hydrogens is 258 g/mol. The molecule has 0 spiro atoms. The Morgan fingerprint density at radius 1 is 1.47 bits per heavy atom. The van der Waals surface area contributed by atoms with Crippen molar-refractivity contribution in [2.24, 2.45) is 0 Å². The van der Waals surface area contributed by atoms with E-state index in [1.54, 1.807) is 30.0 Å². The molecule has 5 nitrogen and oxygen atoms in total. The zero-order valence-electron chi connectivity index (χ0n) is 9.11. The predicted molar refractivity (Wildman–Crippen MR) is 66.4 cm³/mol. The Hall–Kier alpha value is -1.18. The molecule has 0 amide bonds. The van der Waals surface area contributed by atoms with Crippen LogP contribution in [0.15, 0.2) is 40.4 Å². The van der Waals surface area contributed by atoms with Crippen LogP contribution in [0.4, 0.5) is 0 Å². The van der Waals surface area contributed by atoms with Crippen molar-refractivity contribution in [3.63, 3.8) is 0 Å². The quantitative estimate of drug-likeness (QED) is 0.806. The number of sulfonamides is 1. The second kappa shape index (κ2) is 5.44. The Morgan fingerprint density at radius 3 is 3.00 bits per heavy atom. The Labute approximate surface area is 104 Å². The molecule has 2 aromatic rings. The molecule has 0 aliphatic rings. The fourth-order valence-corrected chi connectivity index (χ4v) is 3.49. The zero-order chi connectivity index (χ0) is 12.1. The monoisotopic (exact) mass is 271 g/mol. The molecule has 0 fully saturated rings. The minimum atomic E-state index is -3.31. The van der Waals surface area contributed by atoms with Crippen LogP contribution in [0.2, 0.25) is 0 Å². The Balaban J connectivity index is 1.79. The summed E-state index contributed by atoms with van der Waals surface area (Å²) in [5.41, 5.74) is 0. The average molecular weight is 271 g/mol. The van der Waals surface area contributed by atoms with Crippen molar-refractivity contribution in [3.05, 3.63) is 36.2 Å². The van der Waals surface area contributed by atoms with Gasteiger partial charge in [0.2, 0.25) is 10.0 Å². The van der Waals surface area contributed by atoms with E-state index in [1.165, 1.54) is 11.3 Å². The molecule has 0 saturated heterocycles. The van der Waals surface area contributed by atoms with E-state index in [-0.39, 0.29) is 0 Å². The van der Waals surface area contributed by atoms with Crippen molar-refractivity contribution >= 4 is 21.4 Å². The minimum Gasteiger partial charge on any atom is -0.337 e. The molecule has 2 rings (SSSR count). The maximum absolute atomic E-state index is 11.7. The molecule has 0 aliphatic carbocycles. The first-order valence-corrected chi connectivity index (χ1v) is 7.54. The lowest BCUT2D eigenvalue weighted by molar-refractivity contribution is 0.571. The first kappa shape index (κ1) is 12.3. The molecule has 1 N–H and O–H groups in total. The molecule has 0 saturated carbocycles. The summed E-state index contributed by atoms with van der Waals surface area (Å²) >= 11 is 1.22. The molecule has 0 radical (unpaired) electrons. The fraction of sp³-hybridized carbons (Fsp3) is 0.300. The first-order valence-electron chi connectivity index (χ1n) is 5.17. The van der Waals surface area contributed by atoms with E-state index in [0.717, 1.165) is 13.0 Å². The molecule has 0 aliphatic heterocycles. The SMILES string of the molecule is O=S(=O)(NCCCn1ccnc1)c1cccs1. The second-order valence-corrected chi connectivity index (χ2v) is 6.43. The molecule has 2 aromatic heterocycles. The molecule has 0 unspecified atom stereocenters. The van der Waals surface area contributed by atoms with E-state index in [2.05, 4.69) is 9.71 Å². The third-order valence-electron chi connectivity index (χ3n) is 2.20. The highest BCUT2D eigenvalue weighted by Crippen LogP contribution is 2.14. The van der Waals surface area contributed by atoms with Crippen LogP contribution in [0.1, 0.15) is 6.42 Å². The normalized spacial score (nSPS) is 11.8. The third kappa shape index (κ3) is 3.39. The minimum absolute atomic E-state index is 0.361. The van der Waals surface area contributed by atoms with E-state index >= 15 is 0 Å². The van der Waals surface area contributed by atoms with Gasteiger partial charge in [0, 0.05) is 25.5 Å². The summed E-state index contributed by atoms with van der Waals surface area (Å²) in [6, 6.07) is 3.33. The van der Waals surface area contributed by atoms with Crippen molar-refractivity contribution in [2.75, 3.05) is 6.54 Å². The van der Waals surface area contributed by atoms with Crippen LogP contribution in [0.25, 0.3) is 0 Å². The third-order valence-corrected chi connectivity index (χ3v) is 5.06. The van der Waals surface area contributed by atoms with Gasteiger partial charge >= 0.3 is 0 Å². The van der Waals surface area contributed by atoms with Gasteiger partial charge in [-0.3, -0.25) is 0 Å². The van der Waals surface area contributed by atoms with E-state index in [1.807, 2.05) is 10.8 Å².